The summed E-state index contributed by atoms with van der Waals surface area (Å²) in [6, 6.07) is 0. The highest BCUT2D eigenvalue weighted by molar-refractivity contribution is 5.70. The summed E-state index contributed by atoms with van der Waals surface area (Å²) in [7, 11) is 0. The van der Waals surface area contributed by atoms with E-state index in [1.165, 1.54) is 167 Å². The third-order valence-electron chi connectivity index (χ3n) is 14.1. The molecule has 2 aliphatic rings. The Hall–Kier alpha value is -1.50. The molecule has 414 valence electrons. The summed E-state index contributed by atoms with van der Waals surface area (Å²) in [6.45, 7) is 2.63. The lowest BCUT2D eigenvalue weighted by molar-refractivity contribution is -0.332. The van der Waals surface area contributed by atoms with Crippen LogP contribution in [0.4, 0.5) is 0 Å². The van der Waals surface area contributed by atoms with Crippen LogP contribution in [0.1, 0.15) is 245 Å². The van der Waals surface area contributed by atoms with E-state index in [1.807, 2.05) is 0 Å². The van der Waals surface area contributed by atoms with Crippen molar-refractivity contribution in [3.8, 4) is 0 Å². The summed E-state index contributed by atoms with van der Waals surface area (Å²) < 4.78 is 33.6. The lowest BCUT2D eigenvalue weighted by Gasteiger charge is -2.42. The molecule has 4 unspecified atom stereocenters. The highest BCUT2D eigenvalue weighted by Gasteiger charge is 2.47. The van der Waals surface area contributed by atoms with E-state index < -0.39 is 92.7 Å². The number of rotatable bonds is 46. The molecule has 2 aliphatic heterocycles. The zero-order chi connectivity index (χ0) is 51.0. The van der Waals surface area contributed by atoms with Crippen molar-refractivity contribution in [2.24, 2.45) is 0 Å². The van der Waals surface area contributed by atoms with Gasteiger partial charge in [0.2, 0.25) is 0 Å². The van der Waals surface area contributed by atoms with Crippen molar-refractivity contribution in [3.63, 3.8) is 0 Å². The van der Waals surface area contributed by atoms with Gasteiger partial charge in [-0.05, 0) is 12.8 Å². The Labute approximate surface area is 423 Å². The molecule has 2 heterocycles. The number of aliphatic hydroxyl groups is 7. The summed E-state index contributed by atoms with van der Waals surface area (Å²) in [6.07, 6.45) is 25.7. The average Bonchev–Trinajstić information content (AvgIpc) is 3.35. The maximum atomic E-state index is 13.0. The van der Waals surface area contributed by atoms with Crippen molar-refractivity contribution >= 4 is 11.9 Å². The van der Waals surface area contributed by atoms with Gasteiger partial charge in [-0.2, -0.15) is 0 Å². The molecule has 0 spiro atoms. The molecule has 2 saturated heterocycles. The van der Waals surface area contributed by atoms with Crippen LogP contribution in [0.2, 0.25) is 0 Å². The van der Waals surface area contributed by atoms with Gasteiger partial charge in [-0.1, -0.05) is 219 Å². The molecule has 15 nitrogen and oxygen atoms in total. The van der Waals surface area contributed by atoms with Crippen LogP contribution in [-0.4, -0.2) is 142 Å². The Morgan fingerprint density at radius 3 is 1.11 bits per heavy atom. The Kier molecular flexibility index (Phi) is 39.5. The minimum atomic E-state index is -1.76. The first-order chi connectivity index (χ1) is 34.0. The fraction of sp³-hybridized carbons (Fsp3) is 0.964. The second-order valence-corrected chi connectivity index (χ2v) is 20.5. The zero-order valence-electron chi connectivity index (χ0n) is 44.0. The molecule has 0 radical (unpaired) electrons. The highest BCUT2D eigenvalue weighted by atomic mass is 16.7. The lowest BCUT2D eigenvalue weighted by Crippen LogP contribution is -2.61. The summed E-state index contributed by atoms with van der Waals surface area (Å²) in [5.41, 5.74) is 0. The smallest absolute Gasteiger partial charge is 0.306 e. The summed E-state index contributed by atoms with van der Waals surface area (Å²) in [5.74, 6) is -0.908. The topological polar surface area (TPSA) is 231 Å². The van der Waals surface area contributed by atoms with Gasteiger partial charge in [-0.15, -0.1) is 0 Å². The highest BCUT2D eigenvalue weighted by Crippen LogP contribution is 2.27. The van der Waals surface area contributed by atoms with Gasteiger partial charge < -0.3 is 64.2 Å². The van der Waals surface area contributed by atoms with Crippen LogP contribution in [0.25, 0.3) is 0 Å². The van der Waals surface area contributed by atoms with Gasteiger partial charge in [0.05, 0.1) is 19.8 Å². The normalized spacial score (nSPS) is 25.3. The van der Waals surface area contributed by atoms with E-state index in [-0.39, 0.29) is 26.1 Å². The van der Waals surface area contributed by atoms with E-state index in [9.17, 15) is 45.3 Å². The molecule has 70 heavy (non-hydrogen) atoms. The number of aliphatic hydroxyl groups excluding tert-OH is 7. The third kappa shape index (κ3) is 30.0. The van der Waals surface area contributed by atoms with Gasteiger partial charge >= 0.3 is 11.9 Å². The van der Waals surface area contributed by atoms with Crippen LogP contribution >= 0.6 is 0 Å². The summed E-state index contributed by atoms with van der Waals surface area (Å²) in [4.78, 5) is 25.8. The second kappa shape index (κ2) is 42.8. The molecule has 0 aromatic carbocycles. The predicted molar refractivity (Wildman–Crippen MR) is 271 cm³/mol. The fourth-order valence-corrected chi connectivity index (χ4v) is 9.40. The van der Waals surface area contributed by atoms with Gasteiger partial charge in [0.1, 0.15) is 55.4 Å². The van der Waals surface area contributed by atoms with Crippen LogP contribution in [0.5, 0.6) is 0 Å². The molecule has 0 aromatic rings. The van der Waals surface area contributed by atoms with E-state index in [0.717, 1.165) is 38.5 Å². The molecule has 2 fully saturated rings. The van der Waals surface area contributed by atoms with Gasteiger partial charge in [0.25, 0.3) is 0 Å². The molecule has 7 N–H and O–H groups in total. The number of hydrogen-bond donors (Lipinski definition) is 7. The van der Waals surface area contributed by atoms with Crippen molar-refractivity contribution in [1.29, 1.82) is 0 Å². The van der Waals surface area contributed by atoms with Crippen molar-refractivity contribution in [2.45, 2.75) is 313 Å². The number of carbonyl (C=O) groups is 2. The maximum absolute atomic E-state index is 13.0. The molecular weight excluding hydrogens is 901 g/mol. The summed E-state index contributed by atoms with van der Waals surface area (Å²) in [5, 5.41) is 72.2. The number of ether oxygens (including phenoxy) is 6. The first-order valence-corrected chi connectivity index (χ1v) is 28.6. The van der Waals surface area contributed by atoms with E-state index in [1.54, 1.807) is 0 Å². The van der Waals surface area contributed by atoms with Crippen LogP contribution in [0.15, 0.2) is 0 Å². The predicted octanol–water partition coefficient (Wildman–Crippen LogP) is 9.17. The molecule has 15 heteroatoms. The quantitative estimate of drug-likeness (QED) is 0.0223. The SMILES string of the molecule is CCCCCCCCCCCCCCCCCCCCCCCCCC(=O)O[C@H](COC(=O)CCCCCCCCCCCCC)CO[C@H]1O[C@@H](CO[C@H]2O[C@@H](CO)[C@@H](O)C(O)C2O)[C@@H](O)C(O)C1O. The standard InChI is InChI=1S/C55H104O15/c1-3-5-7-9-11-13-15-16-17-18-19-20-21-22-23-24-25-26-28-30-32-34-36-38-47(58)68-43(40-65-46(57)37-35-33-31-29-27-14-12-10-8-6-4-2)41-66-54-53(64)51(62)49(60)45(70-54)42-67-55-52(63)50(61)48(59)44(39-56)69-55/h43-45,48-56,59-64H,3-42H2,1-2H3/t43-,44+,45+,48-,49-,50?,51?,52?,53?,54+,55+/m1/s1. The minimum absolute atomic E-state index is 0.174. The van der Waals surface area contributed by atoms with Crippen molar-refractivity contribution in [1.82, 2.24) is 0 Å². The Morgan fingerprint density at radius 1 is 0.400 bits per heavy atom. The zero-order valence-corrected chi connectivity index (χ0v) is 44.0. The van der Waals surface area contributed by atoms with Gasteiger partial charge in [0.15, 0.2) is 18.7 Å². The number of esters is 2. The maximum Gasteiger partial charge on any atom is 0.306 e. The minimum Gasteiger partial charge on any atom is -0.462 e. The van der Waals surface area contributed by atoms with Crippen molar-refractivity contribution in [2.75, 3.05) is 26.4 Å². The van der Waals surface area contributed by atoms with E-state index in [2.05, 4.69) is 13.8 Å². The lowest BCUT2D eigenvalue weighted by atomic mass is 9.98. The van der Waals surface area contributed by atoms with Gasteiger partial charge in [0, 0.05) is 12.8 Å². The first kappa shape index (κ1) is 64.6. The molecule has 2 rings (SSSR count). The second-order valence-electron chi connectivity index (χ2n) is 20.5. The molecule has 0 saturated carbocycles. The molecule has 0 aliphatic carbocycles. The largest absolute Gasteiger partial charge is 0.462 e. The third-order valence-corrected chi connectivity index (χ3v) is 14.1. The molecule has 0 bridgehead atoms. The van der Waals surface area contributed by atoms with Crippen molar-refractivity contribution in [3.05, 3.63) is 0 Å². The van der Waals surface area contributed by atoms with Crippen LogP contribution < -0.4 is 0 Å². The number of hydrogen-bond acceptors (Lipinski definition) is 15. The van der Waals surface area contributed by atoms with E-state index in [0.29, 0.717) is 12.8 Å². The van der Waals surface area contributed by atoms with E-state index in [4.69, 9.17) is 28.4 Å². The van der Waals surface area contributed by atoms with Gasteiger partial charge in [-0.3, -0.25) is 9.59 Å². The van der Waals surface area contributed by atoms with Crippen LogP contribution in [-0.2, 0) is 38.0 Å². The van der Waals surface area contributed by atoms with Crippen LogP contribution in [0.3, 0.4) is 0 Å². The Morgan fingerprint density at radius 2 is 0.729 bits per heavy atom. The fourth-order valence-electron chi connectivity index (χ4n) is 9.40. The molecule has 0 aromatic heterocycles. The molecular formula is C55H104O15. The van der Waals surface area contributed by atoms with Crippen LogP contribution in [0, 0.1) is 0 Å². The molecule has 0 amide bonds. The average molecular weight is 1010 g/mol. The van der Waals surface area contributed by atoms with Gasteiger partial charge in [-0.25, -0.2) is 0 Å². The van der Waals surface area contributed by atoms with E-state index >= 15 is 0 Å². The molecule has 11 atom stereocenters. The Bertz CT molecular complexity index is 1230. The Balaban J connectivity index is 1.71. The number of carbonyl (C=O) groups excluding carboxylic acids is 2. The first-order valence-electron chi connectivity index (χ1n) is 28.6. The van der Waals surface area contributed by atoms with Crippen molar-refractivity contribution < 1.29 is 73.8 Å². The summed E-state index contributed by atoms with van der Waals surface area (Å²) >= 11 is 0. The number of unbranched alkanes of at least 4 members (excludes halogenated alkanes) is 32. The monoisotopic (exact) mass is 1000 g/mol.